The van der Waals surface area contributed by atoms with E-state index < -0.39 is 0 Å². The van der Waals surface area contributed by atoms with Gasteiger partial charge in [-0.2, -0.15) is 0 Å². The van der Waals surface area contributed by atoms with Gasteiger partial charge < -0.3 is 4.74 Å². The van der Waals surface area contributed by atoms with Crippen LogP contribution in [0, 0.1) is 17.7 Å². The molecule has 1 fully saturated rings. The van der Waals surface area contributed by atoms with Crippen LogP contribution in [0.5, 0.6) is 5.75 Å². The molecule has 0 spiro atoms. The third-order valence-electron chi connectivity index (χ3n) is 3.74. The second-order valence-electron chi connectivity index (χ2n) is 5.08. The van der Waals surface area contributed by atoms with Crippen LogP contribution in [0.2, 0.25) is 0 Å². The molecule has 1 aromatic rings. The largest absolute Gasteiger partial charge is 0.490 e. The Bertz CT molecular complexity index is 394. The van der Waals surface area contributed by atoms with Gasteiger partial charge in [-0.1, -0.05) is 13.8 Å². The summed E-state index contributed by atoms with van der Waals surface area (Å²) >= 11 is 3.18. The van der Waals surface area contributed by atoms with E-state index in [1.165, 1.54) is 12.5 Å². The molecule has 0 saturated heterocycles. The van der Waals surface area contributed by atoms with Gasteiger partial charge in [0.05, 0.1) is 10.6 Å². The third kappa shape index (κ3) is 3.21. The highest BCUT2D eigenvalue weighted by Gasteiger charge is 2.25. The van der Waals surface area contributed by atoms with Crippen molar-refractivity contribution in [1.82, 2.24) is 0 Å². The minimum absolute atomic E-state index is 0.247. The van der Waals surface area contributed by atoms with Crippen LogP contribution in [0.4, 0.5) is 4.39 Å². The van der Waals surface area contributed by atoms with E-state index in [4.69, 9.17) is 4.74 Å². The van der Waals surface area contributed by atoms with E-state index in [9.17, 15) is 4.39 Å². The SMILES string of the molecule is CC1CCC(Oc2ccc(F)c(Br)c2)CC1C. The fraction of sp³-hybridized carbons (Fsp3) is 0.571. The summed E-state index contributed by atoms with van der Waals surface area (Å²) in [6.07, 6.45) is 3.68. The Morgan fingerprint density at radius 1 is 1.24 bits per heavy atom. The molecule has 1 aromatic carbocycles. The van der Waals surface area contributed by atoms with Crippen LogP contribution in [0.15, 0.2) is 22.7 Å². The molecule has 0 radical (unpaired) electrons. The topological polar surface area (TPSA) is 9.23 Å². The smallest absolute Gasteiger partial charge is 0.137 e. The number of halogens is 2. The van der Waals surface area contributed by atoms with Crippen LogP contribution in [0.3, 0.4) is 0 Å². The van der Waals surface area contributed by atoms with Gasteiger partial charge in [-0.3, -0.25) is 0 Å². The Kier molecular flexibility index (Phi) is 4.08. The Hall–Kier alpha value is -0.570. The van der Waals surface area contributed by atoms with Gasteiger partial charge >= 0.3 is 0 Å². The maximum absolute atomic E-state index is 13.1. The summed E-state index contributed by atoms with van der Waals surface area (Å²) in [4.78, 5) is 0. The number of hydrogen-bond donors (Lipinski definition) is 0. The van der Waals surface area contributed by atoms with Gasteiger partial charge in [-0.25, -0.2) is 4.39 Å². The molecule has 2 rings (SSSR count). The lowest BCUT2D eigenvalue weighted by Gasteiger charge is -2.32. The highest BCUT2D eigenvalue weighted by molar-refractivity contribution is 9.10. The van der Waals surface area contributed by atoms with Gasteiger partial charge in [0.15, 0.2) is 0 Å². The van der Waals surface area contributed by atoms with Crippen molar-refractivity contribution in [1.29, 1.82) is 0 Å². The maximum Gasteiger partial charge on any atom is 0.137 e. The summed E-state index contributed by atoms with van der Waals surface area (Å²) in [5.74, 6) is 2.00. The quantitative estimate of drug-likeness (QED) is 0.763. The van der Waals surface area contributed by atoms with Crippen molar-refractivity contribution < 1.29 is 9.13 Å². The molecule has 3 atom stereocenters. The lowest BCUT2D eigenvalue weighted by molar-refractivity contribution is 0.100. The van der Waals surface area contributed by atoms with Crippen molar-refractivity contribution in [2.24, 2.45) is 11.8 Å². The molecule has 0 amide bonds. The summed E-state index contributed by atoms with van der Waals surface area (Å²) in [7, 11) is 0. The van der Waals surface area contributed by atoms with Crippen LogP contribution < -0.4 is 4.74 Å². The van der Waals surface area contributed by atoms with Gasteiger partial charge in [-0.05, 0) is 65.2 Å². The Balaban J connectivity index is 1.99. The number of ether oxygens (including phenoxy) is 1. The standard InChI is InChI=1S/C14H18BrFO/c1-9-3-4-11(7-10(9)2)17-12-5-6-14(16)13(15)8-12/h5-6,8-11H,3-4,7H2,1-2H3. The number of hydrogen-bond acceptors (Lipinski definition) is 1. The second-order valence-corrected chi connectivity index (χ2v) is 5.94. The lowest BCUT2D eigenvalue weighted by atomic mass is 9.80. The molecule has 1 nitrogen and oxygen atoms in total. The molecule has 0 aliphatic heterocycles. The average molecular weight is 301 g/mol. The van der Waals surface area contributed by atoms with E-state index >= 15 is 0 Å². The Morgan fingerprint density at radius 3 is 2.65 bits per heavy atom. The normalized spacial score (nSPS) is 29.1. The lowest BCUT2D eigenvalue weighted by Crippen LogP contribution is -2.28. The van der Waals surface area contributed by atoms with Crippen LogP contribution >= 0.6 is 15.9 Å². The molecular weight excluding hydrogens is 283 g/mol. The molecule has 0 bridgehead atoms. The molecule has 3 unspecified atom stereocenters. The molecule has 0 heterocycles. The Labute approximate surface area is 110 Å². The zero-order chi connectivity index (χ0) is 12.4. The molecule has 1 aliphatic rings. The number of rotatable bonds is 2. The third-order valence-corrected chi connectivity index (χ3v) is 4.35. The maximum atomic E-state index is 13.1. The first-order valence-electron chi connectivity index (χ1n) is 6.18. The highest BCUT2D eigenvalue weighted by Crippen LogP contribution is 2.32. The predicted molar refractivity (Wildman–Crippen MR) is 70.7 cm³/mol. The van der Waals surface area contributed by atoms with E-state index in [-0.39, 0.29) is 11.9 Å². The average Bonchev–Trinajstić information content (AvgIpc) is 2.29. The van der Waals surface area contributed by atoms with Gasteiger partial charge in [0.1, 0.15) is 11.6 Å². The van der Waals surface area contributed by atoms with Crippen LogP contribution in [-0.2, 0) is 0 Å². The first kappa shape index (κ1) is 12.9. The molecular formula is C14H18BrFO. The zero-order valence-corrected chi connectivity index (χ0v) is 11.8. The molecule has 17 heavy (non-hydrogen) atoms. The molecule has 3 heteroatoms. The van der Waals surface area contributed by atoms with E-state index in [2.05, 4.69) is 29.8 Å². The molecule has 94 valence electrons. The summed E-state index contributed by atoms with van der Waals surface area (Å²) in [5.41, 5.74) is 0. The summed E-state index contributed by atoms with van der Waals surface area (Å²) in [5, 5.41) is 0. The highest BCUT2D eigenvalue weighted by atomic mass is 79.9. The Morgan fingerprint density at radius 2 is 2.00 bits per heavy atom. The molecule has 1 aliphatic carbocycles. The van der Waals surface area contributed by atoms with Crippen molar-refractivity contribution in [2.75, 3.05) is 0 Å². The second kappa shape index (κ2) is 5.38. The number of benzene rings is 1. The van der Waals surface area contributed by atoms with Gasteiger partial charge in [-0.15, -0.1) is 0 Å². The van der Waals surface area contributed by atoms with E-state index in [1.807, 2.05) is 0 Å². The molecule has 0 aromatic heterocycles. The first-order chi connectivity index (χ1) is 8.06. The van der Waals surface area contributed by atoms with Crippen molar-refractivity contribution in [3.63, 3.8) is 0 Å². The van der Waals surface area contributed by atoms with E-state index in [0.29, 0.717) is 10.4 Å². The van der Waals surface area contributed by atoms with Crippen LogP contribution in [-0.4, -0.2) is 6.10 Å². The summed E-state index contributed by atoms with van der Waals surface area (Å²) < 4.78 is 19.5. The minimum Gasteiger partial charge on any atom is -0.490 e. The van der Waals surface area contributed by atoms with Crippen molar-refractivity contribution in [2.45, 2.75) is 39.2 Å². The first-order valence-corrected chi connectivity index (χ1v) is 6.97. The monoisotopic (exact) mass is 300 g/mol. The van der Waals surface area contributed by atoms with Gasteiger partial charge in [0.2, 0.25) is 0 Å². The van der Waals surface area contributed by atoms with Crippen molar-refractivity contribution in [3.05, 3.63) is 28.5 Å². The minimum atomic E-state index is -0.247. The van der Waals surface area contributed by atoms with E-state index in [0.717, 1.165) is 24.5 Å². The molecule has 1 saturated carbocycles. The van der Waals surface area contributed by atoms with Crippen molar-refractivity contribution in [3.8, 4) is 5.75 Å². The predicted octanol–water partition coefficient (Wildman–Crippen LogP) is 4.79. The van der Waals surface area contributed by atoms with Crippen LogP contribution in [0.1, 0.15) is 33.1 Å². The van der Waals surface area contributed by atoms with E-state index in [1.54, 1.807) is 12.1 Å². The van der Waals surface area contributed by atoms with Crippen molar-refractivity contribution >= 4 is 15.9 Å². The zero-order valence-electron chi connectivity index (χ0n) is 10.2. The van der Waals surface area contributed by atoms with Crippen LogP contribution in [0.25, 0.3) is 0 Å². The van der Waals surface area contributed by atoms with Gasteiger partial charge in [0.25, 0.3) is 0 Å². The summed E-state index contributed by atoms with van der Waals surface area (Å²) in [6.45, 7) is 4.58. The fourth-order valence-corrected chi connectivity index (χ4v) is 2.71. The molecule has 0 N–H and O–H groups in total. The summed E-state index contributed by atoms with van der Waals surface area (Å²) in [6, 6.07) is 4.84. The fourth-order valence-electron chi connectivity index (χ4n) is 2.35. The van der Waals surface area contributed by atoms with Gasteiger partial charge in [0, 0.05) is 0 Å².